The van der Waals surface area contributed by atoms with Crippen LogP contribution >= 0.6 is 0 Å². The summed E-state index contributed by atoms with van der Waals surface area (Å²) in [7, 11) is 1.46. The van der Waals surface area contributed by atoms with E-state index in [4.69, 9.17) is 4.74 Å². The molecule has 0 radical (unpaired) electrons. The van der Waals surface area contributed by atoms with Crippen molar-refractivity contribution in [2.75, 3.05) is 13.7 Å². The van der Waals surface area contributed by atoms with E-state index in [-0.39, 0.29) is 23.4 Å². The van der Waals surface area contributed by atoms with Gasteiger partial charge in [-0.15, -0.1) is 0 Å². The van der Waals surface area contributed by atoms with Gasteiger partial charge in [0.05, 0.1) is 24.6 Å². The maximum atomic E-state index is 13.4. The average Bonchev–Trinajstić information content (AvgIpc) is 3.46. The standard InChI is InChI=1S/C24H22N4O6/c1-34-19-5-2-4-17(14-19)22(29)20-21(16-6-8-18(9-7-16)28(32)33)27(24(31)23(20)30)12-3-11-26-13-10-25-15-26/h2,4-10,13-15,21H,3,11-12H2,1H3,(H,29,30). The number of carbonyl (C=O) groups excluding carboxylic acids is 2. The van der Waals surface area contributed by atoms with Crippen molar-refractivity contribution < 1.29 is 28.9 Å². The number of Topliss-reactive ketones (excluding diaryl/α,β-unsaturated/α-hetero) is 1. The van der Waals surface area contributed by atoms with Gasteiger partial charge >= 0.3 is 0 Å². The number of nitro benzene ring substituents is 1. The van der Waals surface area contributed by atoms with Crippen LogP contribution in [0.3, 0.4) is 0 Å². The minimum atomic E-state index is -0.948. The number of ketones is 1. The van der Waals surface area contributed by atoms with Gasteiger partial charge in [-0.1, -0.05) is 17.9 Å². The number of aromatic amines is 1. The van der Waals surface area contributed by atoms with E-state index in [1.54, 1.807) is 30.7 Å². The number of hydrogen-bond acceptors (Lipinski definition) is 6. The number of hydrogen-bond donors (Lipinski definition) is 1. The number of carbonyl (C=O) groups is 2. The Balaban J connectivity index is 1.75. The predicted molar refractivity (Wildman–Crippen MR) is 118 cm³/mol. The lowest BCUT2D eigenvalue weighted by Crippen LogP contribution is -2.36. The van der Waals surface area contributed by atoms with Crippen molar-refractivity contribution >= 4 is 23.1 Å². The molecule has 10 nitrogen and oxygen atoms in total. The molecule has 1 aromatic heterocycles. The minimum Gasteiger partial charge on any atom is -0.872 e. The van der Waals surface area contributed by atoms with Crippen molar-refractivity contribution in [3.63, 3.8) is 0 Å². The van der Waals surface area contributed by atoms with E-state index in [0.717, 1.165) is 0 Å². The molecule has 10 heteroatoms. The number of nitrogens with one attached hydrogen (secondary N) is 1. The summed E-state index contributed by atoms with van der Waals surface area (Å²) in [5, 5.41) is 24.5. The monoisotopic (exact) mass is 462 g/mol. The summed E-state index contributed by atoms with van der Waals surface area (Å²) in [5.41, 5.74) is 0.356. The fourth-order valence-electron chi connectivity index (χ4n) is 4.03. The Morgan fingerprint density at radius 2 is 1.97 bits per heavy atom. The third kappa shape index (κ3) is 4.38. The van der Waals surface area contributed by atoms with Gasteiger partial charge in [-0.05, 0) is 35.4 Å². The lowest BCUT2D eigenvalue weighted by atomic mass is 9.95. The quantitative estimate of drug-likeness (QED) is 0.135. The van der Waals surface area contributed by atoms with Gasteiger partial charge in [-0.3, -0.25) is 24.7 Å². The molecule has 2 aromatic carbocycles. The van der Waals surface area contributed by atoms with Gasteiger partial charge < -0.3 is 14.7 Å². The van der Waals surface area contributed by atoms with Crippen LogP contribution in [0.5, 0.6) is 5.75 Å². The van der Waals surface area contributed by atoms with Crippen molar-refractivity contribution in [2.24, 2.45) is 0 Å². The van der Waals surface area contributed by atoms with E-state index >= 15 is 0 Å². The molecule has 1 aliphatic rings. The van der Waals surface area contributed by atoms with Crippen LogP contribution in [0.1, 0.15) is 23.6 Å². The molecular weight excluding hydrogens is 440 g/mol. The summed E-state index contributed by atoms with van der Waals surface area (Å²) in [4.78, 5) is 40.9. The van der Waals surface area contributed by atoms with E-state index in [2.05, 4.69) is 4.98 Å². The molecule has 4 rings (SSSR count). The van der Waals surface area contributed by atoms with Crippen LogP contribution in [0.4, 0.5) is 5.69 Å². The number of aromatic nitrogens is 2. The highest BCUT2D eigenvalue weighted by Gasteiger charge is 2.44. The first-order valence-electron chi connectivity index (χ1n) is 10.6. The molecule has 3 aromatic rings. The molecular formula is C24H22N4O6. The molecule has 0 saturated carbocycles. The Morgan fingerprint density at radius 1 is 1.21 bits per heavy atom. The molecule has 0 spiro atoms. The Labute approximate surface area is 194 Å². The fourth-order valence-corrected chi connectivity index (χ4v) is 4.03. The maximum Gasteiger partial charge on any atom is 0.295 e. The van der Waals surface area contributed by atoms with Crippen LogP contribution in [0.2, 0.25) is 0 Å². The predicted octanol–water partition coefficient (Wildman–Crippen LogP) is 1.53. The van der Waals surface area contributed by atoms with Gasteiger partial charge in [0.15, 0.2) is 0 Å². The Morgan fingerprint density at radius 3 is 2.62 bits per heavy atom. The third-order valence-corrected chi connectivity index (χ3v) is 5.70. The molecule has 1 amide bonds. The topological polar surface area (TPSA) is 132 Å². The number of nitrogens with zero attached hydrogens (tertiary/aromatic N) is 3. The second kappa shape index (κ2) is 9.57. The summed E-state index contributed by atoms with van der Waals surface area (Å²) in [6.45, 7) is 0.812. The van der Waals surface area contributed by atoms with E-state index < -0.39 is 28.4 Å². The van der Waals surface area contributed by atoms with Crippen molar-refractivity contribution in [2.45, 2.75) is 19.0 Å². The Kier molecular flexibility index (Phi) is 6.39. The zero-order valence-corrected chi connectivity index (χ0v) is 18.3. The molecule has 1 atom stereocenters. The van der Waals surface area contributed by atoms with E-state index in [9.17, 15) is 24.8 Å². The van der Waals surface area contributed by atoms with Crippen molar-refractivity contribution in [3.8, 4) is 5.75 Å². The molecule has 1 unspecified atom stereocenters. The number of ether oxygens (including phenoxy) is 1. The molecule has 0 bridgehead atoms. The molecule has 1 fully saturated rings. The van der Waals surface area contributed by atoms with Crippen LogP contribution in [-0.2, 0) is 16.1 Å². The van der Waals surface area contributed by atoms with E-state index in [1.807, 2.05) is 10.8 Å². The summed E-state index contributed by atoms with van der Waals surface area (Å²) >= 11 is 0. The van der Waals surface area contributed by atoms with Crippen LogP contribution in [-0.4, -0.2) is 40.2 Å². The van der Waals surface area contributed by atoms with E-state index in [0.29, 0.717) is 24.3 Å². The van der Waals surface area contributed by atoms with Crippen molar-refractivity contribution in [3.05, 3.63) is 94.1 Å². The first-order chi connectivity index (χ1) is 16.4. The molecule has 0 aliphatic carbocycles. The largest absolute Gasteiger partial charge is 0.872 e. The summed E-state index contributed by atoms with van der Waals surface area (Å²) < 4.78 is 7.08. The summed E-state index contributed by atoms with van der Waals surface area (Å²) in [5.74, 6) is -1.78. The third-order valence-electron chi connectivity index (χ3n) is 5.70. The molecule has 174 valence electrons. The normalized spacial score (nSPS) is 17.2. The van der Waals surface area contributed by atoms with Gasteiger partial charge in [0.2, 0.25) is 12.1 Å². The fraction of sp³-hybridized carbons (Fsp3) is 0.208. The maximum absolute atomic E-state index is 13.4. The van der Waals surface area contributed by atoms with Crippen LogP contribution in [0.25, 0.3) is 5.76 Å². The number of rotatable bonds is 8. The lowest BCUT2D eigenvalue weighted by molar-refractivity contribution is -0.695. The number of amides is 1. The van der Waals surface area contributed by atoms with Gasteiger partial charge in [0, 0.05) is 30.7 Å². The number of likely N-dealkylation sites (tertiary alicyclic amines) is 1. The summed E-state index contributed by atoms with van der Waals surface area (Å²) in [6, 6.07) is 10.9. The number of H-pyrrole nitrogens is 1. The zero-order valence-electron chi connectivity index (χ0n) is 18.3. The number of methoxy groups -OCH3 is 1. The van der Waals surface area contributed by atoms with Gasteiger partial charge in [-0.25, -0.2) is 4.57 Å². The van der Waals surface area contributed by atoms with Gasteiger partial charge in [-0.2, -0.15) is 0 Å². The SMILES string of the molecule is COc1cccc(C([O-])=C2C(=O)C(=O)N(CCC[n+]3cc[nH]c3)C2c2ccc([N+](=O)[O-])cc2)c1. The second-order valence-corrected chi connectivity index (χ2v) is 7.76. The number of imidazole rings is 1. The molecule has 1 saturated heterocycles. The average molecular weight is 462 g/mol. The number of benzene rings is 2. The lowest BCUT2D eigenvalue weighted by Gasteiger charge is -2.27. The highest BCUT2D eigenvalue weighted by Crippen LogP contribution is 2.39. The van der Waals surface area contributed by atoms with E-state index in [1.165, 1.54) is 42.3 Å². The Bertz CT molecular complexity index is 1250. The van der Waals surface area contributed by atoms with Crippen molar-refractivity contribution in [1.29, 1.82) is 0 Å². The van der Waals surface area contributed by atoms with Gasteiger partial charge in [0.25, 0.3) is 11.6 Å². The minimum absolute atomic E-state index is 0.129. The zero-order chi connectivity index (χ0) is 24.2. The highest BCUT2D eigenvalue weighted by atomic mass is 16.6. The molecule has 1 N–H and O–H groups in total. The van der Waals surface area contributed by atoms with Gasteiger partial charge in [0.1, 0.15) is 18.1 Å². The smallest absolute Gasteiger partial charge is 0.295 e. The Hall–Kier alpha value is -4.47. The van der Waals surface area contributed by atoms with Crippen LogP contribution in [0.15, 0.2) is 72.8 Å². The number of non-ortho nitro benzene ring substituents is 1. The molecule has 1 aliphatic heterocycles. The first-order valence-corrected chi connectivity index (χ1v) is 10.6. The highest BCUT2D eigenvalue weighted by molar-refractivity contribution is 6.46. The number of aryl methyl sites for hydroxylation is 1. The first kappa shape index (κ1) is 22.7. The number of nitro groups is 1. The summed E-state index contributed by atoms with van der Waals surface area (Å²) in [6.07, 6.45) is 5.91. The second-order valence-electron chi connectivity index (χ2n) is 7.76. The van der Waals surface area contributed by atoms with Crippen LogP contribution < -0.4 is 14.4 Å². The van der Waals surface area contributed by atoms with Crippen LogP contribution in [0, 0.1) is 10.1 Å². The van der Waals surface area contributed by atoms with Crippen molar-refractivity contribution in [1.82, 2.24) is 9.88 Å². The molecule has 34 heavy (non-hydrogen) atoms. The molecule has 2 heterocycles.